The summed E-state index contributed by atoms with van der Waals surface area (Å²) in [6.07, 6.45) is 1.38. The molecule has 5 heteroatoms. The summed E-state index contributed by atoms with van der Waals surface area (Å²) in [5.74, 6) is -1.15. The van der Waals surface area contributed by atoms with E-state index in [4.69, 9.17) is 14.7 Å². The third-order valence-corrected chi connectivity index (χ3v) is 3.55. The maximum atomic E-state index is 12.2. The second-order valence-corrected chi connectivity index (χ2v) is 5.49. The fourth-order valence-corrected chi connectivity index (χ4v) is 2.22. The van der Waals surface area contributed by atoms with Crippen LogP contribution in [0, 0.1) is 11.3 Å². The molecule has 0 heterocycles. The van der Waals surface area contributed by atoms with Crippen LogP contribution in [-0.2, 0) is 25.7 Å². The van der Waals surface area contributed by atoms with Crippen LogP contribution in [0.3, 0.4) is 0 Å². The molecule has 26 heavy (non-hydrogen) atoms. The number of carbonyl (C=O) groups excluding carboxylic acids is 2. The number of hydrogen-bond donors (Lipinski definition) is 0. The maximum absolute atomic E-state index is 12.2. The Hall–Kier alpha value is -3.23. The highest BCUT2D eigenvalue weighted by molar-refractivity contribution is 6.19. The van der Waals surface area contributed by atoms with Gasteiger partial charge in [0.2, 0.25) is 0 Å². The fourth-order valence-electron chi connectivity index (χ4n) is 2.22. The lowest BCUT2D eigenvalue weighted by Gasteiger charge is -2.08. The number of benzene rings is 2. The quantitative estimate of drug-likeness (QED) is 0.240. The van der Waals surface area contributed by atoms with Gasteiger partial charge in [-0.3, -0.25) is 4.79 Å². The van der Waals surface area contributed by atoms with Crippen LogP contribution in [0.1, 0.15) is 23.6 Å². The zero-order chi connectivity index (χ0) is 18.8. The van der Waals surface area contributed by atoms with E-state index in [1.54, 1.807) is 24.3 Å². The summed E-state index contributed by atoms with van der Waals surface area (Å²) in [6, 6.07) is 18.4. The van der Waals surface area contributed by atoms with Crippen molar-refractivity contribution in [2.75, 3.05) is 13.2 Å². The summed E-state index contributed by atoms with van der Waals surface area (Å²) < 4.78 is 10.6. The second kappa shape index (κ2) is 9.92. The highest BCUT2D eigenvalue weighted by Gasteiger charge is 2.16. The lowest BCUT2D eigenvalue weighted by atomic mass is 10.0. The van der Waals surface area contributed by atoms with E-state index >= 15 is 0 Å². The number of rotatable bonds is 8. The number of hydrogen-bond acceptors (Lipinski definition) is 5. The largest absolute Gasteiger partial charge is 0.460 e. The number of ketones is 1. The molecule has 0 atom stereocenters. The van der Waals surface area contributed by atoms with Crippen molar-refractivity contribution in [3.05, 3.63) is 76.9 Å². The average molecular weight is 349 g/mol. The lowest BCUT2D eigenvalue weighted by molar-refractivity contribution is -0.141. The molecule has 0 aromatic heterocycles. The van der Waals surface area contributed by atoms with E-state index in [-0.39, 0.29) is 18.8 Å². The van der Waals surface area contributed by atoms with Gasteiger partial charge in [0, 0.05) is 0 Å². The normalized spacial score (nSPS) is 10.8. The molecule has 0 aliphatic carbocycles. The summed E-state index contributed by atoms with van der Waals surface area (Å²) in [4.78, 5) is 24.0. The van der Waals surface area contributed by atoms with Gasteiger partial charge in [0.05, 0.1) is 24.8 Å². The summed E-state index contributed by atoms with van der Waals surface area (Å²) >= 11 is 0. The zero-order valence-corrected chi connectivity index (χ0v) is 14.5. The zero-order valence-electron chi connectivity index (χ0n) is 14.5. The van der Waals surface area contributed by atoms with E-state index in [0.29, 0.717) is 17.7 Å². The molecule has 132 valence electrons. The Morgan fingerprint density at radius 2 is 1.73 bits per heavy atom. The van der Waals surface area contributed by atoms with E-state index in [2.05, 4.69) is 0 Å². The first-order valence-corrected chi connectivity index (χ1v) is 8.12. The number of carbonyl (C=O) groups is 2. The van der Waals surface area contributed by atoms with Gasteiger partial charge in [0.1, 0.15) is 12.2 Å². The molecular formula is C21H19NO4. The molecule has 0 aliphatic heterocycles. The monoisotopic (exact) mass is 349 g/mol. The molecule has 2 rings (SSSR count). The first kappa shape index (κ1) is 19.1. The molecular weight excluding hydrogens is 330 g/mol. The van der Waals surface area contributed by atoms with E-state index in [1.165, 1.54) is 13.0 Å². The molecule has 0 unspecified atom stereocenters. The SMILES string of the molecule is CC(=O)C(=Cc1ccccc1C#N)C(=O)OCCOCc1ccccc1. The Balaban J connectivity index is 1.91. The van der Waals surface area contributed by atoms with Crippen LogP contribution < -0.4 is 0 Å². The highest BCUT2D eigenvalue weighted by atomic mass is 16.6. The predicted octanol–water partition coefficient (Wildman–Crippen LogP) is 3.29. The van der Waals surface area contributed by atoms with Crippen molar-refractivity contribution in [2.45, 2.75) is 13.5 Å². The second-order valence-electron chi connectivity index (χ2n) is 5.49. The Bertz CT molecular complexity index is 835. The molecule has 0 N–H and O–H groups in total. The van der Waals surface area contributed by atoms with Crippen molar-refractivity contribution in [2.24, 2.45) is 0 Å². The van der Waals surface area contributed by atoms with Gasteiger partial charge in [0.15, 0.2) is 5.78 Å². The minimum atomic E-state index is -0.728. The summed E-state index contributed by atoms with van der Waals surface area (Å²) in [7, 11) is 0. The number of Topliss-reactive ketones (excluding diaryl/α,β-unsaturated/α-hetero) is 1. The van der Waals surface area contributed by atoms with Gasteiger partial charge in [-0.05, 0) is 30.2 Å². The van der Waals surface area contributed by atoms with Gasteiger partial charge in [0.25, 0.3) is 0 Å². The minimum absolute atomic E-state index is 0.0379. The van der Waals surface area contributed by atoms with Crippen LogP contribution in [0.15, 0.2) is 60.2 Å². The van der Waals surface area contributed by atoms with Crippen LogP contribution in [0.25, 0.3) is 6.08 Å². The van der Waals surface area contributed by atoms with E-state index < -0.39 is 11.8 Å². The topological polar surface area (TPSA) is 76.4 Å². The predicted molar refractivity (Wildman–Crippen MR) is 96.9 cm³/mol. The van der Waals surface area contributed by atoms with Gasteiger partial charge < -0.3 is 9.47 Å². The Morgan fingerprint density at radius 1 is 1.04 bits per heavy atom. The van der Waals surface area contributed by atoms with Gasteiger partial charge >= 0.3 is 5.97 Å². The van der Waals surface area contributed by atoms with Crippen LogP contribution in [-0.4, -0.2) is 25.0 Å². The van der Waals surface area contributed by atoms with Gasteiger partial charge in [-0.25, -0.2) is 4.79 Å². The molecule has 0 bridgehead atoms. The molecule has 0 fully saturated rings. The molecule has 0 amide bonds. The smallest absolute Gasteiger partial charge is 0.341 e. The van der Waals surface area contributed by atoms with Gasteiger partial charge in [-0.15, -0.1) is 0 Å². The summed E-state index contributed by atoms with van der Waals surface area (Å²) in [5, 5.41) is 9.11. The molecule has 5 nitrogen and oxygen atoms in total. The Kier molecular flexibility index (Phi) is 7.29. The van der Waals surface area contributed by atoms with Crippen molar-refractivity contribution in [3.8, 4) is 6.07 Å². The average Bonchev–Trinajstić information content (AvgIpc) is 2.66. The minimum Gasteiger partial charge on any atom is -0.460 e. The molecule has 0 saturated heterocycles. The van der Waals surface area contributed by atoms with Crippen molar-refractivity contribution in [1.29, 1.82) is 5.26 Å². The first-order valence-electron chi connectivity index (χ1n) is 8.12. The van der Waals surface area contributed by atoms with Crippen molar-refractivity contribution in [1.82, 2.24) is 0 Å². The highest BCUT2D eigenvalue weighted by Crippen LogP contribution is 2.14. The van der Waals surface area contributed by atoms with Crippen molar-refractivity contribution in [3.63, 3.8) is 0 Å². The van der Waals surface area contributed by atoms with Crippen LogP contribution in [0.5, 0.6) is 0 Å². The molecule has 0 spiro atoms. The van der Waals surface area contributed by atoms with Crippen LogP contribution >= 0.6 is 0 Å². The Labute approximate surface area is 152 Å². The fraction of sp³-hybridized carbons (Fsp3) is 0.190. The lowest BCUT2D eigenvalue weighted by Crippen LogP contribution is -2.16. The summed E-state index contributed by atoms with van der Waals surface area (Å²) in [5.41, 5.74) is 1.80. The number of nitrogens with zero attached hydrogens (tertiary/aromatic N) is 1. The van der Waals surface area contributed by atoms with E-state index in [1.807, 2.05) is 36.4 Å². The number of nitriles is 1. The van der Waals surface area contributed by atoms with E-state index in [0.717, 1.165) is 5.56 Å². The van der Waals surface area contributed by atoms with Crippen LogP contribution in [0.2, 0.25) is 0 Å². The number of ether oxygens (including phenoxy) is 2. The van der Waals surface area contributed by atoms with Crippen LogP contribution in [0.4, 0.5) is 0 Å². The molecule has 0 aliphatic rings. The van der Waals surface area contributed by atoms with Gasteiger partial charge in [-0.2, -0.15) is 5.26 Å². The maximum Gasteiger partial charge on any atom is 0.341 e. The molecule has 0 radical (unpaired) electrons. The van der Waals surface area contributed by atoms with Crippen molar-refractivity contribution < 1.29 is 19.1 Å². The van der Waals surface area contributed by atoms with Crippen molar-refractivity contribution >= 4 is 17.8 Å². The molecule has 2 aromatic carbocycles. The molecule has 0 saturated carbocycles. The standard InChI is InChI=1S/C21H19NO4/c1-16(23)20(13-18-9-5-6-10-19(18)14-22)21(24)26-12-11-25-15-17-7-3-2-4-8-17/h2-10,13H,11-12,15H2,1H3. The van der Waals surface area contributed by atoms with Gasteiger partial charge in [-0.1, -0.05) is 48.5 Å². The summed E-state index contributed by atoms with van der Waals surface area (Å²) in [6.45, 7) is 1.97. The Morgan fingerprint density at radius 3 is 2.42 bits per heavy atom. The first-order chi connectivity index (χ1) is 12.6. The number of esters is 1. The van der Waals surface area contributed by atoms with E-state index in [9.17, 15) is 9.59 Å². The third-order valence-electron chi connectivity index (χ3n) is 3.55. The third kappa shape index (κ3) is 5.69. The molecule has 2 aromatic rings.